The fraction of sp³-hybridized carbons (Fsp3) is 0.571. The van der Waals surface area contributed by atoms with Gasteiger partial charge in [-0.25, -0.2) is 4.40 Å². The lowest BCUT2D eigenvalue weighted by molar-refractivity contribution is 1.00. The van der Waals surface area contributed by atoms with Gasteiger partial charge >= 0.3 is 0 Å². The Morgan fingerprint density at radius 1 is 1.50 bits per heavy atom. The normalized spacial score (nSPS) is 11.8. The average Bonchev–Trinajstić information content (AvgIpc) is 1.97. The Kier molecular flexibility index (Phi) is 8.48. The van der Waals surface area contributed by atoms with Crippen molar-refractivity contribution in [3.05, 3.63) is 12.2 Å². The number of allylic oxidation sites excluding steroid dienone is 1. The second-order valence-electron chi connectivity index (χ2n) is 1.76. The Morgan fingerprint density at radius 2 is 2.30 bits per heavy atom. The van der Waals surface area contributed by atoms with Gasteiger partial charge in [-0.15, -0.1) is 0 Å². The van der Waals surface area contributed by atoms with E-state index in [9.17, 15) is 0 Å². The molecule has 0 saturated heterocycles. The zero-order valence-corrected chi connectivity index (χ0v) is 7.10. The molecular weight excluding hydrogens is 144 g/mol. The number of nitrogens with two attached hydrogens (primary N) is 1. The van der Waals surface area contributed by atoms with E-state index in [1.54, 1.807) is 0 Å². The van der Waals surface area contributed by atoms with Crippen LogP contribution in [0, 0.1) is 0 Å². The standard InChI is InChI=1S/C7H14N2S/c1-10-9-7-5-3-2-4-6-8/h2-3,7H,4-6,8H2,1H3. The van der Waals surface area contributed by atoms with E-state index in [2.05, 4.69) is 16.5 Å². The molecule has 2 N–H and O–H groups in total. The summed E-state index contributed by atoms with van der Waals surface area (Å²) >= 11 is 1.48. The fourth-order valence-electron chi connectivity index (χ4n) is 0.489. The molecule has 0 spiro atoms. The van der Waals surface area contributed by atoms with Gasteiger partial charge in [-0.05, 0) is 24.9 Å². The number of hydrogen-bond donors (Lipinski definition) is 1. The SMILES string of the molecule is CSN=CCC=CCCN. The van der Waals surface area contributed by atoms with Crippen LogP contribution in [-0.2, 0) is 0 Å². The minimum absolute atomic E-state index is 0.732. The van der Waals surface area contributed by atoms with E-state index in [1.165, 1.54) is 11.9 Å². The molecule has 10 heavy (non-hydrogen) atoms. The molecule has 0 atom stereocenters. The molecular formula is C7H14N2S. The highest BCUT2D eigenvalue weighted by Crippen LogP contribution is 1.91. The third kappa shape index (κ3) is 7.72. The van der Waals surface area contributed by atoms with Gasteiger partial charge in [-0.1, -0.05) is 12.2 Å². The molecule has 58 valence electrons. The molecule has 0 amide bonds. The Bertz CT molecular complexity index is 110. The van der Waals surface area contributed by atoms with E-state index >= 15 is 0 Å². The summed E-state index contributed by atoms with van der Waals surface area (Å²) in [5.74, 6) is 0. The van der Waals surface area contributed by atoms with Crippen molar-refractivity contribution in [3.63, 3.8) is 0 Å². The summed E-state index contributed by atoms with van der Waals surface area (Å²) in [7, 11) is 0. The lowest BCUT2D eigenvalue weighted by Crippen LogP contribution is -1.94. The highest BCUT2D eigenvalue weighted by molar-refractivity contribution is 7.97. The fourth-order valence-corrected chi connectivity index (χ4v) is 0.724. The summed E-state index contributed by atoms with van der Waals surface area (Å²) in [5, 5.41) is 0. The molecule has 0 radical (unpaired) electrons. The summed E-state index contributed by atoms with van der Waals surface area (Å²) in [5.41, 5.74) is 5.28. The van der Waals surface area contributed by atoms with Crippen molar-refractivity contribution in [2.24, 2.45) is 10.1 Å². The lowest BCUT2D eigenvalue weighted by atomic mass is 10.3. The minimum atomic E-state index is 0.732. The first-order valence-corrected chi connectivity index (χ1v) is 4.50. The molecule has 0 aliphatic heterocycles. The average molecular weight is 158 g/mol. The summed E-state index contributed by atoms with van der Waals surface area (Å²) < 4.78 is 3.98. The molecule has 0 saturated carbocycles. The van der Waals surface area contributed by atoms with Gasteiger partial charge in [0.15, 0.2) is 0 Å². The summed E-state index contributed by atoms with van der Waals surface area (Å²) in [6, 6.07) is 0. The van der Waals surface area contributed by atoms with Gasteiger partial charge in [0.05, 0.1) is 0 Å². The maximum atomic E-state index is 5.28. The molecule has 0 rings (SSSR count). The monoisotopic (exact) mass is 158 g/mol. The van der Waals surface area contributed by atoms with Gasteiger partial charge in [0.2, 0.25) is 0 Å². The Morgan fingerprint density at radius 3 is 2.90 bits per heavy atom. The van der Waals surface area contributed by atoms with E-state index in [1.807, 2.05) is 12.5 Å². The second-order valence-corrected chi connectivity index (χ2v) is 2.33. The molecule has 3 heteroatoms. The first-order valence-electron chi connectivity index (χ1n) is 3.32. The smallest absolute Gasteiger partial charge is 0.0163 e. The van der Waals surface area contributed by atoms with E-state index in [0.29, 0.717) is 0 Å². The maximum absolute atomic E-state index is 5.28. The quantitative estimate of drug-likeness (QED) is 0.375. The van der Waals surface area contributed by atoms with Gasteiger partial charge in [-0.3, -0.25) is 0 Å². The Labute approximate surface area is 66.7 Å². The van der Waals surface area contributed by atoms with Crippen molar-refractivity contribution in [1.29, 1.82) is 0 Å². The molecule has 2 nitrogen and oxygen atoms in total. The van der Waals surface area contributed by atoms with Crippen molar-refractivity contribution in [2.75, 3.05) is 12.8 Å². The minimum Gasteiger partial charge on any atom is -0.330 e. The first-order chi connectivity index (χ1) is 4.91. The van der Waals surface area contributed by atoms with Crippen molar-refractivity contribution in [3.8, 4) is 0 Å². The molecule has 0 fully saturated rings. The Balaban J connectivity index is 3.09. The van der Waals surface area contributed by atoms with Crippen LogP contribution in [0.1, 0.15) is 12.8 Å². The van der Waals surface area contributed by atoms with E-state index in [0.717, 1.165) is 19.4 Å². The number of rotatable bonds is 5. The van der Waals surface area contributed by atoms with Crippen LogP contribution in [-0.4, -0.2) is 19.0 Å². The van der Waals surface area contributed by atoms with Gasteiger partial charge < -0.3 is 5.73 Å². The van der Waals surface area contributed by atoms with Crippen LogP contribution in [0.25, 0.3) is 0 Å². The highest BCUT2D eigenvalue weighted by atomic mass is 32.2. The predicted octanol–water partition coefficient (Wildman–Crippen LogP) is 1.63. The molecule has 0 aromatic carbocycles. The maximum Gasteiger partial charge on any atom is 0.0163 e. The van der Waals surface area contributed by atoms with Gasteiger partial charge in [-0.2, -0.15) is 0 Å². The number of hydrogen-bond acceptors (Lipinski definition) is 3. The van der Waals surface area contributed by atoms with Gasteiger partial charge in [0.25, 0.3) is 0 Å². The van der Waals surface area contributed by atoms with Gasteiger partial charge in [0.1, 0.15) is 0 Å². The first kappa shape index (κ1) is 9.72. The third-order valence-corrected chi connectivity index (χ3v) is 1.28. The Hall–Kier alpha value is -0.280. The van der Waals surface area contributed by atoms with Crippen LogP contribution in [0.15, 0.2) is 16.5 Å². The van der Waals surface area contributed by atoms with E-state index in [-0.39, 0.29) is 0 Å². The molecule has 0 aliphatic carbocycles. The number of nitrogens with zero attached hydrogens (tertiary/aromatic N) is 1. The van der Waals surface area contributed by atoms with Crippen LogP contribution < -0.4 is 5.73 Å². The lowest BCUT2D eigenvalue weighted by Gasteiger charge is -1.82. The third-order valence-electron chi connectivity index (χ3n) is 0.921. The molecule has 0 bridgehead atoms. The van der Waals surface area contributed by atoms with Crippen LogP contribution in [0.4, 0.5) is 0 Å². The summed E-state index contributed by atoms with van der Waals surface area (Å²) in [6.07, 6.45) is 9.87. The predicted molar refractivity (Wildman–Crippen MR) is 49.4 cm³/mol. The summed E-state index contributed by atoms with van der Waals surface area (Å²) in [6.45, 7) is 0.732. The van der Waals surface area contributed by atoms with Crippen molar-refractivity contribution >= 4 is 18.2 Å². The molecule has 0 unspecified atom stereocenters. The van der Waals surface area contributed by atoms with Crippen LogP contribution in [0.5, 0.6) is 0 Å². The zero-order valence-electron chi connectivity index (χ0n) is 6.29. The van der Waals surface area contributed by atoms with Crippen molar-refractivity contribution in [2.45, 2.75) is 12.8 Å². The second kappa shape index (κ2) is 8.72. The van der Waals surface area contributed by atoms with E-state index < -0.39 is 0 Å². The molecule has 0 aromatic heterocycles. The molecule has 0 heterocycles. The summed E-state index contributed by atoms with van der Waals surface area (Å²) in [4.78, 5) is 0. The topological polar surface area (TPSA) is 38.4 Å². The molecule has 0 aliphatic rings. The van der Waals surface area contributed by atoms with Crippen LogP contribution >= 0.6 is 11.9 Å². The van der Waals surface area contributed by atoms with Crippen molar-refractivity contribution < 1.29 is 0 Å². The van der Waals surface area contributed by atoms with Crippen LogP contribution in [0.2, 0.25) is 0 Å². The van der Waals surface area contributed by atoms with Crippen LogP contribution in [0.3, 0.4) is 0 Å². The van der Waals surface area contributed by atoms with E-state index in [4.69, 9.17) is 5.73 Å². The highest BCUT2D eigenvalue weighted by Gasteiger charge is 1.72. The molecule has 0 aromatic rings. The largest absolute Gasteiger partial charge is 0.330 e. The zero-order chi connectivity index (χ0) is 7.66. The van der Waals surface area contributed by atoms with Gasteiger partial charge in [0, 0.05) is 18.9 Å². The van der Waals surface area contributed by atoms with Crippen molar-refractivity contribution in [1.82, 2.24) is 0 Å².